The Morgan fingerprint density at radius 2 is 0.798 bits per heavy atom. The quantitative estimate of drug-likeness (QED) is 0.0245. The third-order valence-corrected chi connectivity index (χ3v) is 23.1. The van der Waals surface area contributed by atoms with Crippen molar-refractivity contribution in [3.05, 3.63) is 316 Å². The van der Waals surface area contributed by atoms with E-state index in [1.807, 2.05) is 101 Å². The van der Waals surface area contributed by atoms with Gasteiger partial charge in [0.05, 0.1) is 48.4 Å². The van der Waals surface area contributed by atoms with Crippen LogP contribution in [0, 0.1) is 41.5 Å². The van der Waals surface area contributed by atoms with E-state index in [2.05, 4.69) is 26.0 Å². The van der Waals surface area contributed by atoms with Gasteiger partial charge in [-0.05, 0) is 257 Å². The molecule has 0 radical (unpaired) electrons. The molecule has 8 aromatic carbocycles. The van der Waals surface area contributed by atoms with Crippen LogP contribution in [0.2, 0.25) is 5.02 Å². The van der Waals surface area contributed by atoms with E-state index in [4.69, 9.17) is 30.6 Å². The summed E-state index contributed by atoms with van der Waals surface area (Å²) in [5.41, 5.74) is 12.3. The van der Waals surface area contributed by atoms with Gasteiger partial charge < -0.3 is 54.7 Å². The first-order valence-electron chi connectivity index (χ1n) is 38.8. The summed E-state index contributed by atoms with van der Waals surface area (Å²) in [5, 5.41) is 36.2. The molecule has 0 aliphatic carbocycles. The number of aromatic nitrogens is 1. The molecule has 654 valence electrons. The number of hydrogen-bond acceptors (Lipinski definition) is 23. The van der Waals surface area contributed by atoms with E-state index in [-0.39, 0.29) is 61.2 Å². The van der Waals surface area contributed by atoms with Gasteiger partial charge >= 0.3 is 17.9 Å². The number of aromatic carboxylic acids is 2. The molecule has 3 aromatic heterocycles. The SMILES string of the molecule is COC(=O)c1ccc(-c2ccc(/C=C3\SC(=O)N(CC(=O)Nc4ccc(C)cc4)C3=O)o2)cc1.Cc1ccc(NC(=O)CN2C(=O)S/C(=C\c3cc(C)n(-c4ccc(C(=O)O)cc4)c3C)C2=O)cc1.Cc1ccc(NC(=O)CN2C(=O)S/C(=C\c3ccc(-c4ccc(C(=O)O)c(Cl)c4)o3)C2=O)cc1.Cc1cccc(NC(=O)CN2C(=O)S/C(=C\c3ccc(O)cc3)C2=O)c1. The lowest BCUT2D eigenvalue weighted by Gasteiger charge is -2.12. The number of halogens is 1. The number of furan rings is 2. The lowest BCUT2D eigenvalue weighted by Crippen LogP contribution is -2.36. The minimum atomic E-state index is -1.14. The number of thioether (sulfide) groups is 4. The summed E-state index contributed by atoms with van der Waals surface area (Å²) in [4.78, 5) is 187. The van der Waals surface area contributed by atoms with Crippen LogP contribution in [-0.4, -0.2) is 159 Å². The number of anilines is 4. The smallest absolute Gasteiger partial charge is 0.337 e. The molecule has 15 rings (SSSR count). The lowest BCUT2D eigenvalue weighted by molar-refractivity contribution is -0.127. The molecule has 0 unspecified atom stereocenters. The number of carboxylic acid groups (broad SMARTS) is 2. The highest BCUT2D eigenvalue weighted by Crippen LogP contribution is 2.39. The number of nitrogens with zero attached hydrogens (tertiary/aromatic N) is 5. The first-order valence-corrected chi connectivity index (χ1v) is 42.5. The number of esters is 1. The molecule has 0 saturated carbocycles. The van der Waals surface area contributed by atoms with Crippen LogP contribution in [0.1, 0.15) is 87.4 Å². The van der Waals surface area contributed by atoms with Crippen molar-refractivity contribution in [2.45, 2.75) is 41.5 Å². The summed E-state index contributed by atoms with van der Waals surface area (Å²) in [5.74, 6) is -4.88. The summed E-state index contributed by atoms with van der Waals surface area (Å²) in [7, 11) is 1.31. The Morgan fingerprint density at radius 3 is 1.20 bits per heavy atom. The second-order valence-electron chi connectivity index (χ2n) is 28.8. The number of ether oxygens (including phenoxy) is 1. The average molecular weight is 1830 g/mol. The maximum Gasteiger partial charge on any atom is 0.337 e. The van der Waals surface area contributed by atoms with Crippen LogP contribution in [0.5, 0.6) is 5.75 Å². The molecule has 12 amide bonds. The molecule has 0 bridgehead atoms. The molecule has 4 aliphatic heterocycles. The molecule has 129 heavy (non-hydrogen) atoms. The van der Waals surface area contributed by atoms with Gasteiger partial charge in [0.25, 0.3) is 44.6 Å². The van der Waals surface area contributed by atoms with Crippen molar-refractivity contribution < 1.29 is 101 Å². The standard InChI is InChI=1S/C26H23N3O5S.C25H20N2O6S.C24H17ClN2O6S.C19H16N2O4S/c1-15-4-8-20(9-5-15)27-23(30)14-28-24(31)22(35-26(28)34)13-19-12-16(2)29(17(19)3)21-10-6-18(7-11-21)25(32)33;1-15-3-9-18(10-4-15)26-22(28)14-27-23(29)21(34-25(27)31)13-19-11-12-20(33-19)16-5-7-17(8-6-16)24(30)32-2;1-13-2-5-15(6-3-13)26-21(28)12-27-22(29)20(34-24(27)32)11-16-7-9-19(33-16)14-4-8-17(23(30)31)18(25)10-14;1-12-3-2-4-14(9-12)20-17(23)11-21-18(24)16(26-19(21)25)10-13-5-7-15(22)8-6-13/h4-13H,14H2,1-3H3,(H,27,30)(H,32,33);3-13H,14H2,1-2H3,(H,26,28);2-11H,12H2,1H3,(H,26,28)(H,30,31);2-10,22H,11H2,1H3,(H,20,23)/b22-13-;21-13-;20-11-;16-10-. The Kier molecular flexibility index (Phi) is 30.2. The van der Waals surface area contributed by atoms with Crippen molar-refractivity contribution >= 4 is 192 Å². The number of rotatable bonds is 22. The fourth-order valence-corrected chi connectivity index (χ4v) is 16.2. The maximum atomic E-state index is 12.9. The molecular formula is C94H76ClN9O21S4. The third kappa shape index (κ3) is 24.1. The van der Waals surface area contributed by atoms with E-state index in [0.29, 0.717) is 74.2 Å². The molecule has 7 heterocycles. The van der Waals surface area contributed by atoms with Crippen LogP contribution in [-0.2, 0) is 43.1 Å². The van der Waals surface area contributed by atoms with Crippen molar-refractivity contribution in [2.24, 2.45) is 0 Å². The van der Waals surface area contributed by atoms with Gasteiger partial charge in [-0.2, -0.15) is 0 Å². The van der Waals surface area contributed by atoms with Crippen molar-refractivity contribution in [3.8, 4) is 34.1 Å². The molecule has 30 nitrogen and oxygen atoms in total. The predicted molar refractivity (Wildman–Crippen MR) is 492 cm³/mol. The van der Waals surface area contributed by atoms with Crippen LogP contribution in [0.15, 0.2) is 247 Å². The second-order valence-corrected chi connectivity index (χ2v) is 33.2. The van der Waals surface area contributed by atoms with E-state index < -0.39 is 92.7 Å². The minimum absolute atomic E-state index is 0.0303. The minimum Gasteiger partial charge on any atom is -0.508 e. The van der Waals surface area contributed by atoms with Gasteiger partial charge in [-0.15, -0.1) is 0 Å². The molecular weight excluding hydrogens is 1750 g/mol. The predicted octanol–water partition coefficient (Wildman–Crippen LogP) is 18.1. The van der Waals surface area contributed by atoms with Gasteiger partial charge in [0, 0.05) is 63.1 Å². The zero-order valence-corrected chi connectivity index (χ0v) is 73.4. The van der Waals surface area contributed by atoms with Crippen LogP contribution in [0.25, 0.3) is 52.6 Å². The Bertz CT molecular complexity index is 6460. The van der Waals surface area contributed by atoms with Crippen LogP contribution < -0.4 is 21.3 Å². The van der Waals surface area contributed by atoms with E-state index in [1.165, 1.54) is 55.7 Å². The fourth-order valence-electron chi connectivity index (χ4n) is 12.7. The molecule has 7 N–H and O–H groups in total. The van der Waals surface area contributed by atoms with Crippen molar-refractivity contribution in [3.63, 3.8) is 0 Å². The van der Waals surface area contributed by atoms with Crippen LogP contribution in [0.3, 0.4) is 0 Å². The second kappa shape index (κ2) is 41.8. The van der Waals surface area contributed by atoms with Crippen molar-refractivity contribution in [2.75, 3.05) is 54.6 Å². The normalized spacial score (nSPS) is 14.8. The number of phenols is 1. The third-order valence-electron chi connectivity index (χ3n) is 19.2. The molecule has 4 fully saturated rings. The van der Waals surface area contributed by atoms with Gasteiger partial charge in [-0.3, -0.25) is 77.1 Å². The van der Waals surface area contributed by atoms with Gasteiger partial charge in [-0.25, -0.2) is 14.4 Å². The Labute approximate surface area is 758 Å². The first kappa shape index (κ1) is 93.1. The highest BCUT2D eigenvalue weighted by atomic mass is 35.5. The topological polar surface area (TPSA) is 418 Å². The van der Waals surface area contributed by atoms with Gasteiger partial charge in [0.15, 0.2) is 0 Å². The monoisotopic (exact) mass is 1830 g/mol. The number of amides is 12. The average Bonchev–Trinajstić information content (AvgIpc) is 1.62. The number of aromatic hydroxyl groups is 1. The van der Waals surface area contributed by atoms with E-state index in [1.54, 1.807) is 140 Å². The molecule has 35 heteroatoms. The maximum absolute atomic E-state index is 12.9. The van der Waals surface area contributed by atoms with E-state index in [0.717, 1.165) is 105 Å². The fraction of sp³-hybridized carbons (Fsp3) is 0.117. The zero-order chi connectivity index (χ0) is 92.6. The summed E-state index contributed by atoms with van der Waals surface area (Å²) in [6.45, 7) is 9.96. The number of phenolic OH excluding ortho intramolecular Hbond substituents is 1. The molecule has 4 aliphatic rings. The van der Waals surface area contributed by atoms with E-state index >= 15 is 0 Å². The number of aryl methyl sites for hydroxylation is 5. The number of methoxy groups -OCH3 is 1. The molecule has 0 spiro atoms. The number of imide groups is 4. The number of hydrogen-bond donors (Lipinski definition) is 7. The summed E-state index contributed by atoms with van der Waals surface area (Å²) >= 11 is 9.05. The zero-order valence-electron chi connectivity index (χ0n) is 69.4. The van der Waals surface area contributed by atoms with Gasteiger partial charge in [0.1, 0.15) is 55.0 Å². The summed E-state index contributed by atoms with van der Waals surface area (Å²) in [6, 6.07) is 61.1. The van der Waals surface area contributed by atoms with Gasteiger partial charge in [-0.1, -0.05) is 107 Å². The molecule has 4 saturated heterocycles. The van der Waals surface area contributed by atoms with Gasteiger partial charge in [0.2, 0.25) is 23.6 Å². The van der Waals surface area contributed by atoms with Crippen LogP contribution >= 0.6 is 58.6 Å². The highest BCUT2D eigenvalue weighted by Gasteiger charge is 2.41. The largest absolute Gasteiger partial charge is 0.508 e. The number of carbonyl (C=O) groups is 15. The summed E-state index contributed by atoms with van der Waals surface area (Å²) in [6.07, 6.45) is 6.09. The van der Waals surface area contributed by atoms with Crippen LogP contribution in [0.4, 0.5) is 41.9 Å². The number of carboxylic acids is 2. The Balaban J connectivity index is 0.000000157. The molecule has 11 aromatic rings. The lowest BCUT2D eigenvalue weighted by atomic mass is 10.1. The first-order chi connectivity index (χ1) is 61.6. The highest BCUT2D eigenvalue weighted by molar-refractivity contribution is 8.19. The van der Waals surface area contributed by atoms with Crippen molar-refractivity contribution in [1.29, 1.82) is 0 Å². The summed E-state index contributed by atoms with van der Waals surface area (Å²) < 4.78 is 18.1. The van der Waals surface area contributed by atoms with E-state index in [9.17, 15) is 77.0 Å². The Hall–Kier alpha value is -15.1. The van der Waals surface area contributed by atoms with Crippen molar-refractivity contribution in [1.82, 2.24) is 24.2 Å². The molecule has 0 atom stereocenters. The Morgan fingerprint density at radius 1 is 0.403 bits per heavy atom. The number of benzene rings is 8. The number of nitrogens with one attached hydrogen (secondary N) is 4. The number of carbonyl (C=O) groups excluding carboxylic acids is 13.